The fraction of sp³-hybridized carbons (Fsp3) is 0.0385. The number of hydrogen-bond donors (Lipinski definition) is 0. The normalized spacial score (nSPS) is 11.4. The summed E-state index contributed by atoms with van der Waals surface area (Å²) < 4.78 is 7.69. The van der Waals surface area contributed by atoms with Crippen LogP contribution in [0, 0.1) is 11.3 Å². The number of nitriles is 1. The van der Waals surface area contributed by atoms with E-state index in [1.165, 1.54) is 0 Å². The summed E-state index contributed by atoms with van der Waals surface area (Å²) in [7, 11) is 0. The van der Waals surface area contributed by atoms with Crippen molar-refractivity contribution in [1.29, 1.82) is 5.26 Å². The van der Waals surface area contributed by atoms with Gasteiger partial charge < -0.3 is 4.74 Å². The third-order valence-corrected chi connectivity index (χ3v) is 6.21. The summed E-state index contributed by atoms with van der Waals surface area (Å²) in [4.78, 5) is 0. The Morgan fingerprint density at radius 2 is 1.68 bits per heavy atom. The van der Waals surface area contributed by atoms with E-state index in [-0.39, 0.29) is 0 Å². The second-order valence-electron chi connectivity index (χ2n) is 6.96. The minimum absolute atomic E-state index is 0.404. The Balaban J connectivity index is 1.60. The smallest absolute Gasteiger partial charge is 0.152 e. The van der Waals surface area contributed by atoms with Crippen LogP contribution in [-0.4, -0.2) is 0 Å². The molecular formula is C26H16Br2ClNO. The third kappa shape index (κ3) is 5.19. The summed E-state index contributed by atoms with van der Waals surface area (Å²) >= 11 is 13.5. The van der Waals surface area contributed by atoms with Crippen molar-refractivity contribution >= 4 is 65.9 Å². The standard InChI is InChI=1S/C26H16Br2ClNO/c27-23-9-5-17(6-10-23)16-31-26-24(28)12-18(13-25(26)29)11-22(15-30)21-8-7-19-3-1-2-4-20(19)14-21/h1-14H,16H2/b22-11-. The molecule has 2 nitrogen and oxygen atoms in total. The molecule has 0 saturated carbocycles. The van der Waals surface area contributed by atoms with Crippen LogP contribution in [0.25, 0.3) is 22.4 Å². The highest BCUT2D eigenvalue weighted by Gasteiger charge is 2.11. The van der Waals surface area contributed by atoms with E-state index in [2.05, 4.69) is 44.0 Å². The molecule has 152 valence electrons. The van der Waals surface area contributed by atoms with E-state index in [4.69, 9.17) is 16.3 Å². The van der Waals surface area contributed by atoms with E-state index in [0.29, 0.717) is 23.0 Å². The molecule has 4 aromatic rings. The average Bonchev–Trinajstić information content (AvgIpc) is 2.78. The van der Waals surface area contributed by atoms with Crippen molar-refractivity contribution in [2.45, 2.75) is 6.61 Å². The van der Waals surface area contributed by atoms with E-state index < -0.39 is 0 Å². The molecule has 0 amide bonds. The molecule has 0 atom stereocenters. The summed E-state index contributed by atoms with van der Waals surface area (Å²) in [6, 6.07) is 28.0. The molecule has 31 heavy (non-hydrogen) atoms. The first-order chi connectivity index (χ1) is 15.0. The SMILES string of the molecule is N#C/C(=C/c1cc(Cl)c(OCc2ccc(Br)cc2)c(Br)c1)c1ccc2ccccc2c1. The van der Waals surface area contributed by atoms with Crippen molar-refractivity contribution in [2.75, 3.05) is 0 Å². The topological polar surface area (TPSA) is 33.0 Å². The van der Waals surface area contributed by atoms with Crippen molar-refractivity contribution in [3.63, 3.8) is 0 Å². The fourth-order valence-corrected chi connectivity index (χ4v) is 4.49. The maximum Gasteiger partial charge on any atom is 0.152 e. The zero-order valence-corrected chi connectivity index (χ0v) is 20.2. The van der Waals surface area contributed by atoms with Gasteiger partial charge in [0.15, 0.2) is 5.75 Å². The highest BCUT2D eigenvalue weighted by atomic mass is 79.9. The molecule has 0 saturated heterocycles. The molecule has 0 aliphatic rings. The highest BCUT2D eigenvalue weighted by molar-refractivity contribution is 9.10. The Kier molecular flexibility index (Phi) is 6.77. The van der Waals surface area contributed by atoms with Crippen LogP contribution in [-0.2, 0) is 6.61 Å². The predicted molar refractivity (Wildman–Crippen MR) is 135 cm³/mol. The van der Waals surface area contributed by atoms with Gasteiger partial charge in [0, 0.05) is 4.47 Å². The van der Waals surface area contributed by atoms with E-state index in [9.17, 15) is 5.26 Å². The zero-order chi connectivity index (χ0) is 21.8. The second-order valence-corrected chi connectivity index (χ2v) is 9.14. The molecular weight excluding hydrogens is 538 g/mol. The van der Waals surface area contributed by atoms with Crippen molar-refractivity contribution in [3.8, 4) is 11.8 Å². The van der Waals surface area contributed by atoms with Gasteiger partial charge in [0.05, 0.1) is 21.1 Å². The lowest BCUT2D eigenvalue weighted by molar-refractivity contribution is 0.304. The zero-order valence-electron chi connectivity index (χ0n) is 16.3. The van der Waals surface area contributed by atoms with Crippen LogP contribution in [0.4, 0.5) is 0 Å². The van der Waals surface area contributed by atoms with Gasteiger partial charge in [0.1, 0.15) is 6.61 Å². The molecule has 0 aliphatic heterocycles. The Morgan fingerprint density at radius 1 is 0.935 bits per heavy atom. The Hall–Kier alpha value is -2.58. The van der Waals surface area contributed by atoms with Gasteiger partial charge in [0.25, 0.3) is 0 Å². The van der Waals surface area contributed by atoms with Gasteiger partial charge >= 0.3 is 0 Å². The molecule has 0 heterocycles. The van der Waals surface area contributed by atoms with Crippen molar-refractivity contribution in [2.24, 2.45) is 0 Å². The van der Waals surface area contributed by atoms with Crippen LogP contribution in [0.2, 0.25) is 5.02 Å². The molecule has 0 fully saturated rings. The maximum absolute atomic E-state index is 9.74. The van der Waals surface area contributed by atoms with Crippen LogP contribution in [0.5, 0.6) is 5.75 Å². The molecule has 0 aliphatic carbocycles. The molecule has 4 rings (SSSR count). The summed E-state index contributed by atoms with van der Waals surface area (Å²) in [6.45, 7) is 0.404. The van der Waals surface area contributed by atoms with E-state index in [1.807, 2.05) is 78.9 Å². The number of halogens is 3. The molecule has 0 unspecified atom stereocenters. The number of ether oxygens (including phenoxy) is 1. The number of nitrogens with zero attached hydrogens (tertiary/aromatic N) is 1. The van der Waals surface area contributed by atoms with Crippen LogP contribution < -0.4 is 4.74 Å². The lowest BCUT2D eigenvalue weighted by Gasteiger charge is -2.12. The number of benzene rings is 4. The number of hydrogen-bond acceptors (Lipinski definition) is 2. The first-order valence-electron chi connectivity index (χ1n) is 9.51. The Labute approximate surface area is 203 Å². The van der Waals surface area contributed by atoms with Crippen LogP contribution in [0.3, 0.4) is 0 Å². The largest absolute Gasteiger partial charge is 0.486 e. The molecule has 0 aromatic heterocycles. The maximum atomic E-state index is 9.74. The fourth-order valence-electron chi connectivity index (χ4n) is 3.24. The van der Waals surface area contributed by atoms with Gasteiger partial charge in [-0.05, 0) is 79.8 Å². The monoisotopic (exact) mass is 551 g/mol. The number of allylic oxidation sites excluding steroid dienone is 1. The molecule has 4 aromatic carbocycles. The lowest BCUT2D eigenvalue weighted by Crippen LogP contribution is -1.97. The lowest BCUT2D eigenvalue weighted by atomic mass is 10.00. The van der Waals surface area contributed by atoms with Crippen molar-refractivity contribution in [3.05, 3.63) is 110 Å². The molecule has 0 N–H and O–H groups in total. The second kappa shape index (κ2) is 9.70. The first-order valence-corrected chi connectivity index (χ1v) is 11.5. The Bertz CT molecular complexity index is 1300. The Morgan fingerprint density at radius 3 is 2.39 bits per heavy atom. The van der Waals surface area contributed by atoms with E-state index in [1.54, 1.807) is 0 Å². The number of fused-ring (bicyclic) bond motifs is 1. The van der Waals surface area contributed by atoms with Gasteiger partial charge in [-0.25, -0.2) is 0 Å². The quantitative estimate of drug-likeness (QED) is 0.183. The summed E-state index contributed by atoms with van der Waals surface area (Å²) in [6.07, 6.45) is 1.83. The molecule has 0 bridgehead atoms. The highest BCUT2D eigenvalue weighted by Crippen LogP contribution is 2.36. The summed E-state index contributed by atoms with van der Waals surface area (Å²) in [5.41, 5.74) is 3.29. The van der Waals surface area contributed by atoms with Gasteiger partial charge in [-0.3, -0.25) is 0 Å². The van der Waals surface area contributed by atoms with Gasteiger partial charge in [-0.15, -0.1) is 0 Å². The minimum Gasteiger partial charge on any atom is -0.486 e. The first kappa shape index (κ1) is 21.6. The van der Waals surface area contributed by atoms with Gasteiger partial charge in [-0.2, -0.15) is 5.26 Å². The van der Waals surface area contributed by atoms with Crippen molar-refractivity contribution in [1.82, 2.24) is 0 Å². The van der Waals surface area contributed by atoms with Crippen LogP contribution in [0.15, 0.2) is 87.8 Å². The van der Waals surface area contributed by atoms with E-state index >= 15 is 0 Å². The van der Waals surface area contributed by atoms with Crippen LogP contribution >= 0.6 is 43.5 Å². The van der Waals surface area contributed by atoms with Crippen molar-refractivity contribution < 1.29 is 4.74 Å². The van der Waals surface area contributed by atoms with E-state index in [0.717, 1.165) is 36.4 Å². The average molecular weight is 554 g/mol. The van der Waals surface area contributed by atoms with Crippen LogP contribution in [0.1, 0.15) is 16.7 Å². The number of rotatable bonds is 5. The third-order valence-electron chi connectivity index (χ3n) is 4.81. The predicted octanol–water partition coefficient (Wildman–Crippen LogP) is 8.66. The summed E-state index contributed by atoms with van der Waals surface area (Å²) in [5, 5.41) is 12.5. The minimum atomic E-state index is 0.404. The van der Waals surface area contributed by atoms with Gasteiger partial charge in [-0.1, -0.05) is 76.1 Å². The molecule has 0 radical (unpaired) electrons. The molecule has 5 heteroatoms. The summed E-state index contributed by atoms with van der Waals surface area (Å²) in [5.74, 6) is 0.575. The van der Waals surface area contributed by atoms with Gasteiger partial charge in [0.2, 0.25) is 0 Å². The molecule has 0 spiro atoms.